The van der Waals surface area contributed by atoms with Gasteiger partial charge in [-0.15, -0.1) is 0 Å². The molecule has 0 amide bonds. The summed E-state index contributed by atoms with van der Waals surface area (Å²) in [5, 5.41) is 9.28. The number of methoxy groups -OCH3 is 1. The number of esters is 1. The Bertz CT molecular complexity index is 718. The third-order valence-corrected chi connectivity index (χ3v) is 2.72. The van der Waals surface area contributed by atoms with Crippen LogP contribution < -0.4 is 0 Å². The van der Waals surface area contributed by atoms with Crippen LogP contribution in [0.2, 0.25) is 0 Å². The Morgan fingerprint density at radius 1 is 1.36 bits per heavy atom. The molecule has 0 bridgehead atoms. The van der Waals surface area contributed by atoms with Crippen molar-refractivity contribution in [3.05, 3.63) is 65.3 Å². The van der Waals surface area contributed by atoms with Crippen LogP contribution in [0.4, 0.5) is 4.39 Å². The molecule has 1 heterocycles. The molecule has 114 valence electrons. The molecule has 2 rings (SSSR count). The lowest BCUT2D eigenvalue weighted by Gasteiger charge is -1.97. The van der Waals surface area contributed by atoms with Gasteiger partial charge in [-0.25, -0.2) is 14.2 Å². The Hall–Kier alpha value is -2.96. The molecule has 0 radical (unpaired) electrons. The van der Waals surface area contributed by atoms with Gasteiger partial charge in [-0.05, 0) is 17.7 Å². The van der Waals surface area contributed by atoms with Crippen LogP contribution >= 0.6 is 0 Å². The van der Waals surface area contributed by atoms with Crippen LogP contribution in [-0.4, -0.2) is 29.0 Å². The Morgan fingerprint density at radius 2 is 2.05 bits per heavy atom. The zero-order chi connectivity index (χ0) is 16.1. The average Bonchev–Trinajstić information content (AvgIpc) is 2.97. The number of aliphatic hydroxyl groups excluding tert-OH is 1. The highest BCUT2D eigenvalue weighted by atomic mass is 19.1. The number of nitrogens with zero attached hydrogens (tertiary/aromatic N) is 1. The number of hydrogen-bond donors (Lipinski definition) is 1. The van der Waals surface area contributed by atoms with Crippen LogP contribution in [0.5, 0.6) is 0 Å². The minimum atomic E-state index is -1.04. The fraction of sp³-hybridized carbons (Fsp3) is 0.133. The number of ketones is 1. The molecular formula is C15H12FNO5. The number of halogens is 1. The number of carbonyl (C=O) groups excluding carboxylic acids is 2. The van der Waals surface area contributed by atoms with Gasteiger partial charge in [0.2, 0.25) is 11.5 Å². The maximum absolute atomic E-state index is 12.8. The summed E-state index contributed by atoms with van der Waals surface area (Å²) in [6, 6.07) is 5.80. The Morgan fingerprint density at radius 3 is 2.68 bits per heavy atom. The molecule has 0 fully saturated rings. The first kappa shape index (κ1) is 15.4. The zero-order valence-corrected chi connectivity index (χ0v) is 11.6. The van der Waals surface area contributed by atoms with Gasteiger partial charge in [0, 0.05) is 12.5 Å². The van der Waals surface area contributed by atoms with Gasteiger partial charge in [0.15, 0.2) is 0 Å². The van der Waals surface area contributed by atoms with E-state index in [1.54, 1.807) is 12.1 Å². The lowest BCUT2D eigenvalue weighted by molar-refractivity contribution is -0.139. The van der Waals surface area contributed by atoms with Crippen molar-refractivity contribution in [1.29, 1.82) is 0 Å². The van der Waals surface area contributed by atoms with Crippen molar-refractivity contribution in [2.24, 2.45) is 0 Å². The van der Waals surface area contributed by atoms with Crippen LogP contribution in [0.15, 0.2) is 46.7 Å². The largest absolute Gasteiger partial charge is 0.502 e. The molecule has 6 nitrogen and oxygen atoms in total. The summed E-state index contributed by atoms with van der Waals surface area (Å²) in [6.45, 7) is 0. The van der Waals surface area contributed by atoms with E-state index in [4.69, 9.17) is 4.42 Å². The van der Waals surface area contributed by atoms with E-state index in [0.717, 1.165) is 12.7 Å². The smallest absolute Gasteiger partial charge is 0.373 e. The highest BCUT2D eigenvalue weighted by molar-refractivity contribution is 6.05. The molecule has 0 saturated carbocycles. The Kier molecular flexibility index (Phi) is 4.67. The lowest BCUT2D eigenvalue weighted by Crippen LogP contribution is -2.07. The summed E-state index contributed by atoms with van der Waals surface area (Å²) in [5.41, 5.74) is 0.782. The van der Waals surface area contributed by atoms with E-state index in [9.17, 15) is 19.1 Å². The van der Waals surface area contributed by atoms with Crippen LogP contribution in [0, 0.1) is 5.82 Å². The number of rotatable bonds is 5. The predicted octanol–water partition coefficient (Wildman–Crippen LogP) is 2.20. The Balaban J connectivity index is 2.09. The quantitative estimate of drug-likeness (QED) is 0.394. The summed E-state index contributed by atoms with van der Waals surface area (Å²) >= 11 is 0. The molecular weight excluding hydrogens is 293 g/mol. The van der Waals surface area contributed by atoms with Crippen LogP contribution in [0.25, 0.3) is 0 Å². The molecule has 1 aromatic heterocycles. The highest BCUT2D eigenvalue weighted by Gasteiger charge is 2.15. The highest BCUT2D eigenvalue weighted by Crippen LogP contribution is 2.13. The van der Waals surface area contributed by atoms with Crippen LogP contribution in [-0.2, 0) is 16.0 Å². The molecule has 0 spiro atoms. The molecule has 2 aromatic rings. The number of ether oxygens (including phenoxy) is 1. The van der Waals surface area contributed by atoms with Gasteiger partial charge >= 0.3 is 5.97 Å². The Labute approximate surface area is 124 Å². The number of hydrogen-bond acceptors (Lipinski definition) is 6. The summed E-state index contributed by atoms with van der Waals surface area (Å²) < 4.78 is 22.3. The average molecular weight is 305 g/mol. The second kappa shape index (κ2) is 6.66. The summed E-state index contributed by atoms with van der Waals surface area (Å²) in [7, 11) is 1.07. The zero-order valence-electron chi connectivity index (χ0n) is 11.6. The predicted molar refractivity (Wildman–Crippen MR) is 72.8 cm³/mol. The van der Waals surface area contributed by atoms with Gasteiger partial charge in [0.05, 0.1) is 13.3 Å². The second-order valence-corrected chi connectivity index (χ2v) is 4.32. The third kappa shape index (κ3) is 3.78. The van der Waals surface area contributed by atoms with Crippen molar-refractivity contribution in [3.63, 3.8) is 0 Å². The fourth-order valence-corrected chi connectivity index (χ4v) is 1.66. The van der Waals surface area contributed by atoms with Gasteiger partial charge in [0.25, 0.3) is 5.89 Å². The van der Waals surface area contributed by atoms with Crippen molar-refractivity contribution >= 4 is 11.8 Å². The van der Waals surface area contributed by atoms with Crippen molar-refractivity contribution in [2.45, 2.75) is 6.42 Å². The summed E-state index contributed by atoms with van der Waals surface area (Å²) in [4.78, 5) is 26.5. The van der Waals surface area contributed by atoms with E-state index in [1.165, 1.54) is 18.3 Å². The number of oxazole rings is 1. The van der Waals surface area contributed by atoms with E-state index in [2.05, 4.69) is 9.72 Å². The molecule has 0 aliphatic carbocycles. The van der Waals surface area contributed by atoms with Gasteiger partial charge < -0.3 is 14.3 Å². The number of benzene rings is 1. The molecule has 0 unspecified atom stereocenters. The van der Waals surface area contributed by atoms with E-state index in [0.29, 0.717) is 18.3 Å². The van der Waals surface area contributed by atoms with E-state index in [1.807, 2.05) is 0 Å². The molecule has 0 atom stereocenters. The molecule has 7 heteroatoms. The molecule has 0 aliphatic heterocycles. The van der Waals surface area contributed by atoms with Crippen LogP contribution in [0.3, 0.4) is 0 Å². The molecule has 0 aliphatic rings. The van der Waals surface area contributed by atoms with Crippen LogP contribution in [0.1, 0.15) is 22.0 Å². The second-order valence-electron chi connectivity index (χ2n) is 4.32. The molecule has 0 saturated heterocycles. The maximum Gasteiger partial charge on any atom is 0.373 e. The summed E-state index contributed by atoms with van der Waals surface area (Å²) in [5.74, 6) is -2.88. The van der Waals surface area contributed by atoms with Crippen molar-refractivity contribution in [2.75, 3.05) is 7.11 Å². The van der Waals surface area contributed by atoms with Crippen molar-refractivity contribution < 1.29 is 28.2 Å². The van der Waals surface area contributed by atoms with Crippen molar-refractivity contribution in [1.82, 2.24) is 4.98 Å². The first-order chi connectivity index (χ1) is 10.5. The molecule has 22 heavy (non-hydrogen) atoms. The van der Waals surface area contributed by atoms with Crippen molar-refractivity contribution in [3.8, 4) is 0 Å². The fourth-order valence-electron chi connectivity index (χ4n) is 1.66. The first-order valence-corrected chi connectivity index (χ1v) is 6.22. The van der Waals surface area contributed by atoms with E-state index in [-0.39, 0.29) is 11.7 Å². The normalized spacial score (nSPS) is 11.3. The van der Waals surface area contributed by atoms with E-state index >= 15 is 0 Å². The molecule has 1 N–H and O–H groups in total. The minimum Gasteiger partial charge on any atom is -0.502 e. The SMILES string of the molecule is COC(=O)/C(O)=C/C(=O)c1ncc(Cc2ccc(F)cc2)o1. The van der Waals surface area contributed by atoms with E-state index < -0.39 is 17.5 Å². The topological polar surface area (TPSA) is 89.6 Å². The lowest BCUT2D eigenvalue weighted by atomic mass is 10.1. The van der Waals surface area contributed by atoms with Gasteiger partial charge in [-0.2, -0.15) is 0 Å². The number of carbonyl (C=O) groups is 2. The summed E-state index contributed by atoms with van der Waals surface area (Å²) in [6.07, 6.45) is 2.34. The standard InChI is InChI=1S/C15H12FNO5/c1-21-15(20)13(19)7-12(18)14-17-8-11(22-14)6-9-2-4-10(16)5-3-9/h2-5,7-8,19H,6H2,1H3/b13-7-. The van der Waals surface area contributed by atoms with Gasteiger partial charge in [-0.1, -0.05) is 12.1 Å². The minimum absolute atomic E-state index is 0.271. The molecule has 1 aromatic carbocycles. The first-order valence-electron chi connectivity index (χ1n) is 6.22. The van der Waals surface area contributed by atoms with Gasteiger partial charge in [-0.3, -0.25) is 4.79 Å². The maximum atomic E-state index is 12.8. The number of allylic oxidation sites excluding steroid dienone is 1. The number of aromatic nitrogens is 1. The number of aliphatic hydroxyl groups is 1. The third-order valence-electron chi connectivity index (χ3n) is 2.72. The van der Waals surface area contributed by atoms with Gasteiger partial charge in [0.1, 0.15) is 11.6 Å². The monoisotopic (exact) mass is 305 g/mol.